The maximum Gasteiger partial charge on any atom is 0.340 e. The second-order valence-corrected chi connectivity index (χ2v) is 5.82. The van der Waals surface area contributed by atoms with E-state index in [0.717, 1.165) is 0 Å². The molecule has 1 atom stereocenters. The average molecular weight is 355 g/mol. The smallest absolute Gasteiger partial charge is 0.340 e. The number of ether oxygens (including phenoxy) is 2. The van der Waals surface area contributed by atoms with Crippen LogP contribution in [0, 0.1) is 6.92 Å². The molecule has 0 heterocycles. The predicted molar refractivity (Wildman–Crippen MR) is 97.7 cm³/mol. The number of anilines is 1. The van der Waals surface area contributed by atoms with Gasteiger partial charge in [-0.25, -0.2) is 4.79 Å². The first-order valence-corrected chi connectivity index (χ1v) is 8.10. The van der Waals surface area contributed by atoms with E-state index in [1.165, 1.54) is 14.0 Å². The third kappa shape index (κ3) is 4.47. The van der Waals surface area contributed by atoms with Crippen LogP contribution in [0.5, 0.6) is 5.75 Å². The maximum atomic E-state index is 12.4. The number of rotatable bonds is 6. The van der Waals surface area contributed by atoms with Gasteiger partial charge in [0.1, 0.15) is 5.75 Å². The molecular weight excluding hydrogens is 334 g/mol. The molecule has 0 fully saturated rings. The minimum atomic E-state index is -0.802. The molecule has 6 heteroatoms. The molecule has 0 saturated heterocycles. The van der Waals surface area contributed by atoms with E-state index in [9.17, 15) is 14.4 Å². The van der Waals surface area contributed by atoms with Crippen molar-refractivity contribution in [2.24, 2.45) is 0 Å². The Morgan fingerprint density at radius 3 is 2.27 bits per heavy atom. The predicted octanol–water partition coefficient (Wildman–Crippen LogP) is 3.39. The summed E-state index contributed by atoms with van der Waals surface area (Å²) in [5, 5.41) is 2.70. The summed E-state index contributed by atoms with van der Waals surface area (Å²) in [6.07, 6.45) is -0.802. The van der Waals surface area contributed by atoms with E-state index >= 15 is 0 Å². The zero-order valence-corrected chi connectivity index (χ0v) is 15.2. The van der Waals surface area contributed by atoms with Gasteiger partial charge in [0.25, 0.3) is 5.91 Å². The van der Waals surface area contributed by atoms with Crippen molar-refractivity contribution >= 4 is 23.3 Å². The van der Waals surface area contributed by atoms with Gasteiger partial charge in [0.05, 0.1) is 18.4 Å². The highest BCUT2D eigenvalue weighted by molar-refractivity contribution is 6.03. The molecule has 6 nitrogen and oxygen atoms in total. The molecule has 0 aliphatic carbocycles. The Bertz CT molecular complexity index is 827. The standard InChI is InChI=1S/C20H21NO5/c1-12-6-5-7-17(18(12)20(24)25-4)21-19(23)14(3)26-16-10-8-15(9-11-16)13(2)22/h5-11,14H,1-4H3,(H,21,23). The molecule has 1 amide bonds. The summed E-state index contributed by atoms with van der Waals surface area (Å²) < 4.78 is 10.4. The largest absolute Gasteiger partial charge is 0.481 e. The van der Waals surface area contributed by atoms with Crippen molar-refractivity contribution in [3.8, 4) is 5.75 Å². The highest BCUT2D eigenvalue weighted by Gasteiger charge is 2.20. The minimum absolute atomic E-state index is 0.0443. The van der Waals surface area contributed by atoms with Crippen LogP contribution in [0.4, 0.5) is 5.69 Å². The molecule has 0 aliphatic heterocycles. The first-order valence-electron chi connectivity index (χ1n) is 8.10. The monoisotopic (exact) mass is 355 g/mol. The van der Waals surface area contributed by atoms with Gasteiger partial charge in [-0.05, 0) is 56.7 Å². The van der Waals surface area contributed by atoms with Crippen molar-refractivity contribution in [2.75, 3.05) is 12.4 Å². The topological polar surface area (TPSA) is 81.7 Å². The van der Waals surface area contributed by atoms with Gasteiger partial charge >= 0.3 is 5.97 Å². The first-order chi connectivity index (χ1) is 12.3. The van der Waals surface area contributed by atoms with Gasteiger partial charge in [-0.1, -0.05) is 12.1 Å². The fraction of sp³-hybridized carbons (Fsp3) is 0.250. The first kappa shape index (κ1) is 19.2. The summed E-state index contributed by atoms with van der Waals surface area (Å²) in [7, 11) is 1.29. The van der Waals surface area contributed by atoms with Crippen molar-refractivity contribution < 1.29 is 23.9 Å². The Morgan fingerprint density at radius 1 is 1.04 bits per heavy atom. The molecule has 26 heavy (non-hydrogen) atoms. The molecule has 0 radical (unpaired) electrons. The van der Waals surface area contributed by atoms with Crippen LogP contribution in [0.3, 0.4) is 0 Å². The van der Waals surface area contributed by atoms with Crippen LogP contribution in [-0.2, 0) is 9.53 Å². The number of esters is 1. The third-order valence-corrected chi connectivity index (χ3v) is 3.86. The van der Waals surface area contributed by atoms with Gasteiger partial charge < -0.3 is 14.8 Å². The summed E-state index contributed by atoms with van der Waals surface area (Å²) in [6.45, 7) is 4.84. The zero-order valence-electron chi connectivity index (χ0n) is 15.2. The van der Waals surface area contributed by atoms with Gasteiger partial charge in [-0.3, -0.25) is 9.59 Å². The molecule has 0 aliphatic rings. The lowest BCUT2D eigenvalue weighted by molar-refractivity contribution is -0.122. The minimum Gasteiger partial charge on any atom is -0.481 e. The van der Waals surface area contributed by atoms with E-state index in [4.69, 9.17) is 9.47 Å². The van der Waals surface area contributed by atoms with E-state index in [0.29, 0.717) is 28.1 Å². The van der Waals surface area contributed by atoms with E-state index in [2.05, 4.69) is 5.32 Å². The van der Waals surface area contributed by atoms with Crippen molar-refractivity contribution in [2.45, 2.75) is 26.9 Å². The Morgan fingerprint density at radius 2 is 1.69 bits per heavy atom. The lowest BCUT2D eigenvalue weighted by Crippen LogP contribution is -2.31. The number of hydrogen-bond donors (Lipinski definition) is 1. The highest BCUT2D eigenvalue weighted by atomic mass is 16.5. The van der Waals surface area contributed by atoms with Crippen LogP contribution in [0.2, 0.25) is 0 Å². The molecule has 0 saturated carbocycles. The van der Waals surface area contributed by atoms with Crippen LogP contribution < -0.4 is 10.1 Å². The van der Waals surface area contributed by atoms with Gasteiger partial charge in [-0.15, -0.1) is 0 Å². The molecule has 2 aromatic carbocycles. The Labute approximate surface area is 152 Å². The Hall–Kier alpha value is -3.15. The maximum absolute atomic E-state index is 12.4. The van der Waals surface area contributed by atoms with Gasteiger partial charge in [0.15, 0.2) is 11.9 Å². The van der Waals surface area contributed by atoms with Gasteiger partial charge in [0.2, 0.25) is 0 Å². The van der Waals surface area contributed by atoms with Crippen molar-refractivity contribution in [1.29, 1.82) is 0 Å². The number of ketones is 1. The van der Waals surface area contributed by atoms with E-state index in [1.807, 2.05) is 0 Å². The van der Waals surface area contributed by atoms with E-state index in [1.54, 1.807) is 56.3 Å². The number of carbonyl (C=O) groups excluding carboxylic acids is 3. The van der Waals surface area contributed by atoms with Crippen LogP contribution in [0.1, 0.15) is 40.1 Å². The summed E-state index contributed by atoms with van der Waals surface area (Å²) in [5.41, 5.74) is 1.94. The molecule has 0 bridgehead atoms. The number of nitrogens with one attached hydrogen (secondary N) is 1. The fourth-order valence-corrected chi connectivity index (χ4v) is 2.41. The number of carbonyl (C=O) groups is 3. The van der Waals surface area contributed by atoms with Crippen LogP contribution in [0.15, 0.2) is 42.5 Å². The van der Waals surface area contributed by atoms with E-state index in [-0.39, 0.29) is 5.78 Å². The van der Waals surface area contributed by atoms with Crippen LogP contribution in [-0.4, -0.2) is 30.9 Å². The number of Topliss-reactive ketones (excluding diaryl/α,β-unsaturated/α-hetero) is 1. The van der Waals surface area contributed by atoms with Crippen LogP contribution >= 0.6 is 0 Å². The molecule has 0 spiro atoms. The highest BCUT2D eigenvalue weighted by Crippen LogP contribution is 2.21. The molecule has 1 N–H and O–H groups in total. The summed E-state index contributed by atoms with van der Waals surface area (Å²) >= 11 is 0. The zero-order chi connectivity index (χ0) is 19.3. The molecule has 1 unspecified atom stereocenters. The van der Waals surface area contributed by atoms with Crippen molar-refractivity contribution in [3.05, 3.63) is 59.2 Å². The number of amides is 1. The average Bonchev–Trinajstić information content (AvgIpc) is 2.61. The Kier molecular flexibility index (Phi) is 6.11. The lowest BCUT2D eigenvalue weighted by Gasteiger charge is -2.17. The SMILES string of the molecule is COC(=O)c1c(C)cccc1NC(=O)C(C)Oc1ccc(C(C)=O)cc1. The number of aryl methyl sites for hydroxylation is 1. The summed E-state index contributed by atoms with van der Waals surface area (Å²) in [4.78, 5) is 35.7. The number of benzene rings is 2. The van der Waals surface area contributed by atoms with Crippen LogP contribution in [0.25, 0.3) is 0 Å². The lowest BCUT2D eigenvalue weighted by atomic mass is 10.1. The second kappa shape index (κ2) is 8.29. The van der Waals surface area contributed by atoms with Crippen molar-refractivity contribution in [1.82, 2.24) is 0 Å². The number of methoxy groups -OCH3 is 1. The second-order valence-electron chi connectivity index (χ2n) is 5.82. The number of hydrogen-bond acceptors (Lipinski definition) is 5. The third-order valence-electron chi connectivity index (χ3n) is 3.86. The van der Waals surface area contributed by atoms with E-state index < -0.39 is 18.0 Å². The normalized spacial score (nSPS) is 11.4. The van der Waals surface area contributed by atoms with Gasteiger partial charge in [-0.2, -0.15) is 0 Å². The molecule has 136 valence electrons. The quantitative estimate of drug-likeness (QED) is 0.634. The van der Waals surface area contributed by atoms with Crippen molar-refractivity contribution in [3.63, 3.8) is 0 Å². The fourth-order valence-electron chi connectivity index (χ4n) is 2.41. The molecule has 0 aromatic heterocycles. The Balaban J connectivity index is 2.11. The molecule has 2 rings (SSSR count). The summed E-state index contributed by atoms with van der Waals surface area (Å²) in [6, 6.07) is 11.7. The summed E-state index contributed by atoms with van der Waals surface area (Å²) in [5.74, 6) is -0.504. The molecular formula is C20H21NO5. The van der Waals surface area contributed by atoms with Gasteiger partial charge in [0, 0.05) is 5.56 Å². The molecule has 2 aromatic rings.